The first-order valence-electron chi connectivity index (χ1n) is 9.31. The van der Waals surface area contributed by atoms with Gasteiger partial charge < -0.3 is 14.7 Å². The Kier molecular flexibility index (Phi) is 8.23. The molecule has 8 heteroatoms. The second-order valence-electron chi connectivity index (χ2n) is 7.55. The summed E-state index contributed by atoms with van der Waals surface area (Å²) < 4.78 is 18.1. The molecule has 0 aliphatic carbocycles. The van der Waals surface area contributed by atoms with Gasteiger partial charge in [-0.1, -0.05) is 31.1 Å². The third-order valence-corrected chi connectivity index (χ3v) is 5.07. The molecule has 0 amide bonds. The first kappa shape index (κ1) is 22.6. The molecule has 2 aromatic rings. The predicted molar refractivity (Wildman–Crippen MR) is 120 cm³/mol. The van der Waals surface area contributed by atoms with E-state index in [1.165, 1.54) is 12.1 Å². The van der Waals surface area contributed by atoms with Crippen molar-refractivity contribution in [2.45, 2.75) is 25.8 Å². The summed E-state index contributed by atoms with van der Waals surface area (Å²) in [6.45, 7) is 9.57. The van der Waals surface area contributed by atoms with Gasteiger partial charge in [-0.15, -0.1) is 24.0 Å². The van der Waals surface area contributed by atoms with Gasteiger partial charge in [0.2, 0.25) is 0 Å². The number of hydrogen-bond acceptors (Lipinski definition) is 4. The number of rotatable bonds is 5. The molecule has 0 radical (unpaired) electrons. The molecular formula is C20H29FIN5O. The lowest BCUT2D eigenvalue weighted by molar-refractivity contribution is 0.168. The van der Waals surface area contributed by atoms with Crippen LogP contribution in [0.15, 0.2) is 46.1 Å². The van der Waals surface area contributed by atoms with E-state index < -0.39 is 0 Å². The third-order valence-electron chi connectivity index (χ3n) is 5.07. The first-order valence-corrected chi connectivity index (χ1v) is 9.31. The van der Waals surface area contributed by atoms with Crippen LogP contribution in [-0.2, 0) is 12.0 Å². The van der Waals surface area contributed by atoms with E-state index in [9.17, 15) is 4.39 Å². The number of aromatic nitrogens is 1. The van der Waals surface area contributed by atoms with E-state index >= 15 is 0 Å². The van der Waals surface area contributed by atoms with Gasteiger partial charge in [0.15, 0.2) is 5.96 Å². The smallest absolute Gasteiger partial charge is 0.193 e. The molecule has 0 spiro atoms. The van der Waals surface area contributed by atoms with Crippen molar-refractivity contribution < 1.29 is 8.91 Å². The normalized spacial score (nSPS) is 16.0. The van der Waals surface area contributed by atoms with Crippen molar-refractivity contribution in [2.24, 2.45) is 4.99 Å². The van der Waals surface area contributed by atoms with Crippen molar-refractivity contribution in [1.82, 2.24) is 20.3 Å². The lowest BCUT2D eigenvalue weighted by atomic mass is 9.84. The number of aliphatic imine (C=N–C) groups is 1. The molecule has 0 atom stereocenters. The molecule has 0 unspecified atom stereocenters. The lowest BCUT2D eigenvalue weighted by Gasteiger charge is -2.37. The Labute approximate surface area is 183 Å². The molecule has 1 aromatic heterocycles. The number of hydrogen-bond donors (Lipinski definition) is 1. The second-order valence-corrected chi connectivity index (χ2v) is 7.55. The topological polar surface area (TPSA) is 56.9 Å². The molecule has 1 saturated heterocycles. The van der Waals surface area contributed by atoms with Crippen LogP contribution in [0.2, 0.25) is 0 Å². The van der Waals surface area contributed by atoms with E-state index in [0.29, 0.717) is 0 Å². The Hall–Kier alpha value is -1.68. The average Bonchev–Trinajstić information content (AvgIpc) is 3.17. The van der Waals surface area contributed by atoms with Gasteiger partial charge in [-0.2, -0.15) is 0 Å². The minimum Gasteiger partial charge on any atom is -0.364 e. The Balaban J connectivity index is 0.00000280. The van der Waals surface area contributed by atoms with E-state index in [-0.39, 0.29) is 35.2 Å². The fourth-order valence-electron chi connectivity index (χ4n) is 3.30. The summed E-state index contributed by atoms with van der Waals surface area (Å²) in [5, 5.41) is 7.47. The van der Waals surface area contributed by atoms with E-state index in [1.54, 1.807) is 6.26 Å². The Bertz CT molecular complexity index is 740. The molecule has 0 saturated carbocycles. The highest BCUT2D eigenvalue weighted by Gasteiger charge is 2.24. The van der Waals surface area contributed by atoms with Gasteiger partial charge in [-0.25, -0.2) is 4.39 Å². The monoisotopic (exact) mass is 501 g/mol. The zero-order valence-electron chi connectivity index (χ0n) is 16.7. The van der Waals surface area contributed by atoms with E-state index in [1.807, 2.05) is 25.2 Å². The van der Waals surface area contributed by atoms with E-state index in [4.69, 9.17) is 4.52 Å². The van der Waals surface area contributed by atoms with Gasteiger partial charge in [0.1, 0.15) is 12.1 Å². The molecule has 0 bridgehead atoms. The second kappa shape index (κ2) is 10.2. The molecule has 1 N–H and O–H groups in total. The number of piperazine rings is 1. The quantitative estimate of drug-likeness (QED) is 0.388. The zero-order valence-corrected chi connectivity index (χ0v) is 19.0. The molecule has 3 rings (SSSR count). The van der Waals surface area contributed by atoms with Crippen LogP contribution in [0, 0.1) is 5.82 Å². The van der Waals surface area contributed by atoms with Crippen molar-refractivity contribution >= 4 is 29.9 Å². The van der Waals surface area contributed by atoms with Crippen molar-refractivity contribution in [3.8, 4) is 0 Å². The molecule has 1 aliphatic rings. The van der Waals surface area contributed by atoms with Crippen LogP contribution in [0.25, 0.3) is 0 Å². The fraction of sp³-hybridized carbons (Fsp3) is 0.500. The number of guanidine groups is 1. The standard InChI is InChI=1S/C20H28FN5O.HI/c1-20(2,16-4-6-17(21)7-5-16)15-23-19(22-3)26-11-9-25(10-12-26)14-18-8-13-27-24-18;/h4-8,13H,9-12,14-15H2,1-3H3,(H,22,23);1H. The highest BCUT2D eigenvalue weighted by Crippen LogP contribution is 2.22. The third kappa shape index (κ3) is 5.91. The SMILES string of the molecule is CN=C(NCC(C)(C)c1ccc(F)cc1)N1CCN(Cc2ccon2)CC1.I. The maximum absolute atomic E-state index is 13.2. The van der Waals surface area contributed by atoms with Crippen LogP contribution < -0.4 is 5.32 Å². The number of halogens is 2. The maximum atomic E-state index is 13.2. The van der Waals surface area contributed by atoms with Crippen LogP contribution in [0.5, 0.6) is 0 Å². The van der Waals surface area contributed by atoms with Crippen LogP contribution in [0.4, 0.5) is 4.39 Å². The highest BCUT2D eigenvalue weighted by atomic mass is 127. The molecule has 28 heavy (non-hydrogen) atoms. The summed E-state index contributed by atoms with van der Waals surface area (Å²) in [6, 6.07) is 8.63. The fourth-order valence-corrected chi connectivity index (χ4v) is 3.30. The molecule has 1 aromatic carbocycles. The maximum Gasteiger partial charge on any atom is 0.193 e. The van der Waals surface area contributed by atoms with E-state index in [2.05, 4.69) is 39.1 Å². The average molecular weight is 501 g/mol. The van der Waals surface area contributed by atoms with Crippen molar-refractivity contribution in [3.63, 3.8) is 0 Å². The van der Waals surface area contributed by atoms with Crippen LogP contribution >= 0.6 is 24.0 Å². The Morgan fingerprint density at radius 1 is 1.18 bits per heavy atom. The summed E-state index contributed by atoms with van der Waals surface area (Å²) in [5.74, 6) is 0.702. The van der Waals surface area contributed by atoms with Gasteiger partial charge in [0.05, 0.1) is 5.69 Å². The van der Waals surface area contributed by atoms with Crippen LogP contribution in [0.3, 0.4) is 0 Å². The summed E-state index contributed by atoms with van der Waals surface area (Å²) >= 11 is 0. The number of benzene rings is 1. The largest absolute Gasteiger partial charge is 0.364 e. The molecule has 6 nitrogen and oxygen atoms in total. The summed E-state index contributed by atoms with van der Waals surface area (Å²) in [7, 11) is 1.81. The Morgan fingerprint density at radius 3 is 2.43 bits per heavy atom. The number of nitrogens with one attached hydrogen (secondary N) is 1. The zero-order chi connectivity index (χ0) is 19.3. The van der Waals surface area contributed by atoms with Gasteiger partial charge in [0.25, 0.3) is 0 Å². The number of nitrogens with zero attached hydrogens (tertiary/aromatic N) is 4. The van der Waals surface area contributed by atoms with Gasteiger partial charge in [-0.05, 0) is 17.7 Å². The Morgan fingerprint density at radius 2 is 1.86 bits per heavy atom. The van der Waals surface area contributed by atoms with Crippen molar-refractivity contribution in [1.29, 1.82) is 0 Å². The first-order chi connectivity index (χ1) is 13.0. The molecule has 1 fully saturated rings. The molecule has 1 aliphatic heterocycles. The lowest BCUT2D eigenvalue weighted by Crippen LogP contribution is -2.53. The van der Waals surface area contributed by atoms with Gasteiger partial charge >= 0.3 is 0 Å². The summed E-state index contributed by atoms with van der Waals surface area (Å²) in [5.41, 5.74) is 1.94. The minimum absolute atomic E-state index is 0. The van der Waals surface area contributed by atoms with Crippen molar-refractivity contribution in [2.75, 3.05) is 39.8 Å². The molecule has 154 valence electrons. The molecular weight excluding hydrogens is 472 g/mol. The summed E-state index contributed by atoms with van der Waals surface area (Å²) in [6.07, 6.45) is 1.61. The van der Waals surface area contributed by atoms with Crippen LogP contribution in [0.1, 0.15) is 25.1 Å². The highest BCUT2D eigenvalue weighted by molar-refractivity contribution is 14.0. The predicted octanol–water partition coefficient (Wildman–Crippen LogP) is 3.10. The minimum atomic E-state index is -0.207. The van der Waals surface area contributed by atoms with Gasteiger partial charge in [0, 0.05) is 57.8 Å². The molecule has 2 heterocycles. The summed E-state index contributed by atoms with van der Waals surface area (Å²) in [4.78, 5) is 9.09. The van der Waals surface area contributed by atoms with Gasteiger partial charge in [-0.3, -0.25) is 9.89 Å². The van der Waals surface area contributed by atoms with Crippen LogP contribution in [-0.4, -0.2) is 60.7 Å². The van der Waals surface area contributed by atoms with E-state index in [0.717, 1.165) is 56.5 Å². The van der Waals surface area contributed by atoms with Crippen molar-refractivity contribution in [3.05, 3.63) is 53.7 Å².